The van der Waals surface area contributed by atoms with Crippen LogP contribution in [0.2, 0.25) is 0 Å². The van der Waals surface area contributed by atoms with E-state index in [0.717, 1.165) is 25.7 Å². The van der Waals surface area contributed by atoms with E-state index in [4.69, 9.17) is 9.47 Å². The Labute approximate surface area is 156 Å². The molecule has 1 amide bonds. The van der Waals surface area contributed by atoms with Gasteiger partial charge in [-0.15, -0.1) is 10.1 Å². The molecule has 0 spiro atoms. The van der Waals surface area contributed by atoms with Gasteiger partial charge in [0, 0.05) is 5.56 Å². The van der Waals surface area contributed by atoms with Crippen LogP contribution in [0.1, 0.15) is 31.2 Å². The molecule has 0 bridgehead atoms. The molecule has 0 saturated heterocycles. The van der Waals surface area contributed by atoms with Crippen LogP contribution < -0.4 is 4.74 Å². The average Bonchev–Trinajstić information content (AvgIpc) is 3.59. The van der Waals surface area contributed by atoms with Gasteiger partial charge in [0.05, 0.1) is 12.6 Å². The lowest BCUT2D eigenvalue weighted by Gasteiger charge is -2.30. The molecule has 9 heteroatoms. The lowest BCUT2D eigenvalue weighted by Crippen LogP contribution is -2.48. The van der Waals surface area contributed by atoms with Crippen molar-refractivity contribution in [2.24, 2.45) is 16.8 Å². The van der Waals surface area contributed by atoms with Crippen molar-refractivity contribution in [1.29, 1.82) is 0 Å². The van der Waals surface area contributed by atoms with Crippen LogP contribution in [0.4, 0.5) is 4.79 Å². The van der Waals surface area contributed by atoms with E-state index in [9.17, 15) is 14.9 Å². The van der Waals surface area contributed by atoms with Crippen molar-refractivity contribution in [3.63, 3.8) is 0 Å². The van der Waals surface area contributed by atoms with Crippen molar-refractivity contribution in [2.45, 2.75) is 38.3 Å². The molecular weight excluding hydrogens is 354 g/mol. The SMILES string of the molecule is O=C(Oc1ccccc1CO[N+](=O)[O-])N(C1=NCCO1)C(C1CC1)C1CC1. The lowest BCUT2D eigenvalue weighted by atomic mass is 10.1. The molecule has 9 nitrogen and oxygen atoms in total. The molecule has 27 heavy (non-hydrogen) atoms. The minimum Gasteiger partial charge on any atom is -0.463 e. The fourth-order valence-corrected chi connectivity index (χ4v) is 3.47. The first-order chi connectivity index (χ1) is 13.1. The summed E-state index contributed by atoms with van der Waals surface area (Å²) in [6.45, 7) is 0.686. The summed E-state index contributed by atoms with van der Waals surface area (Å²) in [5, 5.41) is 9.60. The van der Waals surface area contributed by atoms with E-state index in [-0.39, 0.29) is 18.4 Å². The summed E-state index contributed by atoms with van der Waals surface area (Å²) >= 11 is 0. The minimum atomic E-state index is -0.873. The molecule has 1 heterocycles. The molecule has 0 atom stereocenters. The van der Waals surface area contributed by atoms with Crippen molar-refractivity contribution >= 4 is 12.1 Å². The quantitative estimate of drug-likeness (QED) is 0.536. The maximum Gasteiger partial charge on any atom is 0.423 e. The number of hydrogen-bond donors (Lipinski definition) is 0. The number of ether oxygens (including phenoxy) is 2. The molecule has 1 aromatic rings. The molecular formula is C18H21N3O6. The highest BCUT2D eigenvalue weighted by molar-refractivity contribution is 5.93. The minimum absolute atomic E-state index is 0.0385. The molecule has 0 aromatic heterocycles. The molecule has 0 N–H and O–H groups in total. The van der Waals surface area contributed by atoms with Crippen molar-refractivity contribution < 1.29 is 24.2 Å². The Hall–Kier alpha value is -2.84. The largest absolute Gasteiger partial charge is 0.463 e. The Bertz CT molecular complexity index is 747. The fourth-order valence-electron chi connectivity index (χ4n) is 3.47. The first-order valence-corrected chi connectivity index (χ1v) is 9.17. The number of carbonyl (C=O) groups excluding carboxylic acids is 1. The van der Waals surface area contributed by atoms with Gasteiger partial charge in [0.25, 0.3) is 11.1 Å². The summed E-state index contributed by atoms with van der Waals surface area (Å²) in [6.07, 6.45) is 3.79. The van der Waals surface area contributed by atoms with Crippen LogP contribution in [0.15, 0.2) is 29.3 Å². The van der Waals surface area contributed by atoms with Crippen LogP contribution in [-0.2, 0) is 16.2 Å². The third-order valence-corrected chi connectivity index (χ3v) is 4.98. The van der Waals surface area contributed by atoms with Crippen molar-refractivity contribution in [3.8, 4) is 5.75 Å². The molecule has 3 aliphatic rings. The number of amidine groups is 1. The van der Waals surface area contributed by atoms with Crippen LogP contribution in [0.25, 0.3) is 0 Å². The second kappa shape index (κ2) is 7.42. The smallest absolute Gasteiger partial charge is 0.423 e. The van der Waals surface area contributed by atoms with Gasteiger partial charge in [-0.25, -0.2) is 14.7 Å². The van der Waals surface area contributed by atoms with Gasteiger partial charge in [-0.1, -0.05) is 18.2 Å². The van der Waals surface area contributed by atoms with E-state index in [1.165, 1.54) is 0 Å². The van der Waals surface area contributed by atoms with E-state index in [2.05, 4.69) is 9.83 Å². The Balaban J connectivity index is 1.55. The summed E-state index contributed by atoms with van der Waals surface area (Å²) in [5.41, 5.74) is 0.422. The second-order valence-electron chi connectivity index (χ2n) is 7.02. The normalized spacial score (nSPS) is 18.6. The zero-order valence-corrected chi connectivity index (χ0v) is 14.8. The third-order valence-electron chi connectivity index (χ3n) is 4.98. The van der Waals surface area contributed by atoms with Gasteiger partial charge in [0.2, 0.25) is 0 Å². The number of nitrogens with zero attached hydrogens (tertiary/aromatic N) is 3. The number of carbonyl (C=O) groups is 1. The van der Waals surface area contributed by atoms with E-state index in [1.807, 2.05) is 0 Å². The summed E-state index contributed by atoms with van der Waals surface area (Å²) in [4.78, 5) is 33.9. The molecule has 2 fully saturated rings. The zero-order valence-electron chi connectivity index (χ0n) is 14.8. The Morgan fingerprint density at radius 1 is 1.30 bits per heavy atom. The van der Waals surface area contributed by atoms with Gasteiger partial charge >= 0.3 is 6.09 Å². The number of aliphatic imine (C=N–C) groups is 1. The number of rotatable bonds is 7. The van der Waals surface area contributed by atoms with Gasteiger partial charge in [-0.05, 0) is 43.6 Å². The predicted molar refractivity (Wildman–Crippen MR) is 93.6 cm³/mol. The second-order valence-corrected chi connectivity index (χ2v) is 7.02. The highest BCUT2D eigenvalue weighted by atomic mass is 16.9. The van der Waals surface area contributed by atoms with Gasteiger partial charge < -0.3 is 14.3 Å². The van der Waals surface area contributed by atoms with E-state index >= 15 is 0 Å². The van der Waals surface area contributed by atoms with Crippen molar-refractivity contribution in [2.75, 3.05) is 13.2 Å². The van der Waals surface area contributed by atoms with E-state index in [0.29, 0.717) is 36.6 Å². The Kier molecular flexibility index (Phi) is 4.83. The molecule has 144 valence electrons. The molecule has 2 aliphatic carbocycles. The van der Waals surface area contributed by atoms with Gasteiger partial charge in [0.15, 0.2) is 0 Å². The van der Waals surface area contributed by atoms with Crippen LogP contribution >= 0.6 is 0 Å². The Morgan fingerprint density at radius 2 is 2.00 bits per heavy atom. The van der Waals surface area contributed by atoms with Crippen molar-refractivity contribution in [1.82, 2.24) is 4.90 Å². The van der Waals surface area contributed by atoms with Crippen LogP contribution in [-0.4, -0.2) is 41.3 Å². The van der Waals surface area contributed by atoms with Crippen LogP contribution in [0, 0.1) is 22.0 Å². The van der Waals surface area contributed by atoms with Crippen LogP contribution in [0.3, 0.4) is 0 Å². The number of amides is 1. The molecule has 1 aromatic carbocycles. The number of benzene rings is 1. The fraction of sp³-hybridized carbons (Fsp3) is 0.556. The number of para-hydroxylation sites is 1. The average molecular weight is 375 g/mol. The monoisotopic (exact) mass is 375 g/mol. The molecule has 4 rings (SSSR count). The molecule has 1 aliphatic heterocycles. The summed E-state index contributed by atoms with van der Waals surface area (Å²) in [5.74, 6) is 1.13. The number of hydrogen-bond acceptors (Lipinski definition) is 7. The first kappa shape index (κ1) is 17.6. The maximum absolute atomic E-state index is 13.1. The van der Waals surface area contributed by atoms with E-state index < -0.39 is 11.2 Å². The topological polar surface area (TPSA) is 104 Å². The first-order valence-electron chi connectivity index (χ1n) is 9.17. The summed E-state index contributed by atoms with van der Waals surface area (Å²) < 4.78 is 11.2. The van der Waals surface area contributed by atoms with Crippen molar-refractivity contribution in [3.05, 3.63) is 39.9 Å². The highest BCUT2D eigenvalue weighted by Crippen LogP contribution is 2.47. The summed E-state index contributed by atoms with van der Waals surface area (Å²) in [7, 11) is 0. The summed E-state index contributed by atoms with van der Waals surface area (Å²) in [6, 6.07) is 6.98. The zero-order chi connectivity index (χ0) is 18.8. The van der Waals surface area contributed by atoms with Gasteiger partial charge in [-0.3, -0.25) is 0 Å². The predicted octanol–water partition coefficient (Wildman–Crippen LogP) is 2.77. The molecule has 0 unspecified atom stereocenters. The van der Waals surface area contributed by atoms with Gasteiger partial charge in [-0.2, -0.15) is 0 Å². The standard InChI is InChI=1S/C18H21N3O6/c22-18(27-15-4-2-1-3-14(15)11-26-21(23)24)20(17-19-9-10-25-17)16(12-5-6-12)13-7-8-13/h1-4,12-13,16H,5-11H2. The highest BCUT2D eigenvalue weighted by Gasteiger charge is 2.49. The maximum atomic E-state index is 13.1. The van der Waals surface area contributed by atoms with E-state index in [1.54, 1.807) is 29.2 Å². The van der Waals surface area contributed by atoms with Crippen LogP contribution in [0.5, 0.6) is 5.75 Å². The molecule has 2 saturated carbocycles. The third kappa shape index (κ3) is 4.12. The molecule has 0 radical (unpaired) electrons. The Morgan fingerprint density at radius 3 is 2.59 bits per heavy atom. The lowest BCUT2D eigenvalue weighted by molar-refractivity contribution is -0.763. The van der Waals surface area contributed by atoms with Gasteiger partial charge in [0.1, 0.15) is 19.0 Å².